The summed E-state index contributed by atoms with van der Waals surface area (Å²) in [5, 5.41) is 18.6. The molecule has 1 heterocycles. The van der Waals surface area contributed by atoms with Gasteiger partial charge in [-0.3, -0.25) is 4.79 Å². The Morgan fingerprint density at radius 2 is 2.18 bits per heavy atom. The molecule has 0 aromatic heterocycles. The Morgan fingerprint density at radius 1 is 1.50 bits per heavy atom. The van der Waals surface area contributed by atoms with E-state index in [0.29, 0.717) is 12.8 Å². The Kier molecular flexibility index (Phi) is 4.75. The van der Waals surface area contributed by atoms with Gasteiger partial charge in [0.25, 0.3) is 0 Å². The van der Waals surface area contributed by atoms with Gasteiger partial charge in [-0.2, -0.15) is 9.57 Å². The van der Waals surface area contributed by atoms with E-state index in [9.17, 15) is 18.3 Å². The summed E-state index contributed by atoms with van der Waals surface area (Å²) < 4.78 is 26.8. The number of halogens is 1. The third kappa shape index (κ3) is 2.95. The first-order chi connectivity index (χ1) is 10.3. The van der Waals surface area contributed by atoms with Crippen molar-refractivity contribution in [3.63, 3.8) is 0 Å². The number of rotatable bonds is 3. The van der Waals surface area contributed by atoms with Crippen LogP contribution >= 0.6 is 11.6 Å². The molecule has 6 nitrogen and oxygen atoms in total. The number of sulfonamides is 1. The number of hydrogen-bond donors (Lipinski definition) is 1. The molecule has 1 saturated heterocycles. The van der Waals surface area contributed by atoms with Crippen molar-refractivity contribution >= 4 is 27.6 Å². The third-order valence-electron chi connectivity index (χ3n) is 3.90. The Balaban J connectivity index is 2.47. The zero-order chi connectivity index (χ0) is 16.5. The minimum Gasteiger partial charge on any atom is -0.481 e. The Hall–Kier alpha value is -1.62. The summed E-state index contributed by atoms with van der Waals surface area (Å²) in [6.07, 6.45) is 0.907. The Bertz CT molecular complexity index is 742. The number of carboxylic acids is 1. The molecule has 1 aliphatic rings. The van der Waals surface area contributed by atoms with Gasteiger partial charge >= 0.3 is 5.97 Å². The predicted octanol–water partition coefficient (Wildman–Crippen LogP) is 2.09. The van der Waals surface area contributed by atoms with Gasteiger partial charge in [-0.25, -0.2) is 8.42 Å². The van der Waals surface area contributed by atoms with Gasteiger partial charge in [0.2, 0.25) is 10.0 Å². The average molecular weight is 343 g/mol. The molecule has 0 unspecified atom stereocenters. The lowest BCUT2D eigenvalue weighted by Crippen LogP contribution is -2.49. The van der Waals surface area contributed by atoms with Crippen LogP contribution in [0.5, 0.6) is 0 Å². The number of piperidine rings is 1. The van der Waals surface area contributed by atoms with E-state index in [1.54, 1.807) is 6.92 Å². The smallest absolute Gasteiger partial charge is 0.308 e. The molecule has 2 atom stereocenters. The lowest BCUT2D eigenvalue weighted by atomic mass is 9.92. The van der Waals surface area contributed by atoms with E-state index in [1.807, 2.05) is 6.07 Å². The highest BCUT2D eigenvalue weighted by Gasteiger charge is 2.40. The highest BCUT2D eigenvalue weighted by molar-refractivity contribution is 7.89. The minimum absolute atomic E-state index is 0.0443. The summed E-state index contributed by atoms with van der Waals surface area (Å²) >= 11 is 5.79. The van der Waals surface area contributed by atoms with Gasteiger partial charge in [-0.05, 0) is 38.0 Å². The molecule has 2 rings (SSSR count). The van der Waals surface area contributed by atoms with E-state index in [0.717, 1.165) is 0 Å². The summed E-state index contributed by atoms with van der Waals surface area (Å²) in [4.78, 5) is 11.1. The van der Waals surface area contributed by atoms with Crippen LogP contribution in [0.25, 0.3) is 0 Å². The fourth-order valence-electron chi connectivity index (χ4n) is 2.72. The van der Waals surface area contributed by atoms with Crippen LogP contribution in [0.4, 0.5) is 0 Å². The minimum atomic E-state index is -3.95. The monoisotopic (exact) mass is 342 g/mol. The van der Waals surface area contributed by atoms with Gasteiger partial charge in [0.1, 0.15) is 11.0 Å². The Morgan fingerprint density at radius 3 is 2.77 bits per heavy atom. The van der Waals surface area contributed by atoms with Crippen molar-refractivity contribution in [3.8, 4) is 6.07 Å². The van der Waals surface area contributed by atoms with Crippen LogP contribution in [0.1, 0.15) is 25.3 Å². The first kappa shape index (κ1) is 16.7. The van der Waals surface area contributed by atoms with Gasteiger partial charge < -0.3 is 5.11 Å². The average Bonchev–Trinajstić information content (AvgIpc) is 2.46. The molecule has 0 aliphatic carbocycles. The van der Waals surface area contributed by atoms with Crippen molar-refractivity contribution < 1.29 is 18.3 Å². The summed E-state index contributed by atoms with van der Waals surface area (Å²) in [5.41, 5.74) is -0.0443. The summed E-state index contributed by atoms with van der Waals surface area (Å²) in [7, 11) is -3.95. The van der Waals surface area contributed by atoms with Gasteiger partial charge in [0, 0.05) is 17.6 Å². The molecule has 8 heteroatoms. The zero-order valence-electron chi connectivity index (χ0n) is 11.9. The van der Waals surface area contributed by atoms with E-state index in [2.05, 4.69) is 0 Å². The second-order valence-corrected chi connectivity index (χ2v) is 7.49. The van der Waals surface area contributed by atoms with Crippen LogP contribution in [0, 0.1) is 17.2 Å². The fourth-order valence-corrected chi connectivity index (χ4v) is 4.72. The summed E-state index contributed by atoms with van der Waals surface area (Å²) in [6, 6.07) is 5.13. The maximum atomic E-state index is 12.8. The number of nitriles is 1. The molecule has 1 aliphatic heterocycles. The second kappa shape index (κ2) is 6.24. The Labute approximate surface area is 134 Å². The van der Waals surface area contributed by atoms with Crippen molar-refractivity contribution in [2.45, 2.75) is 30.7 Å². The van der Waals surface area contributed by atoms with Crippen LogP contribution < -0.4 is 0 Å². The fraction of sp³-hybridized carbons (Fsp3) is 0.429. The molecule has 0 saturated carbocycles. The number of carbonyl (C=O) groups is 1. The van der Waals surface area contributed by atoms with E-state index in [-0.39, 0.29) is 22.0 Å². The van der Waals surface area contributed by atoms with Crippen LogP contribution in [-0.2, 0) is 14.8 Å². The molecule has 1 N–H and O–H groups in total. The van der Waals surface area contributed by atoms with Crippen LogP contribution in [0.3, 0.4) is 0 Å². The SMILES string of the molecule is C[C@@H]1[C@H](C(=O)O)CCCN1S(=O)(=O)c1ccc(Cl)cc1C#N. The number of nitrogens with zero attached hydrogens (tertiary/aromatic N) is 2. The highest BCUT2D eigenvalue weighted by atomic mass is 35.5. The molecule has 0 spiro atoms. The molecule has 1 aromatic carbocycles. The van der Waals surface area contributed by atoms with E-state index in [1.165, 1.54) is 22.5 Å². The maximum absolute atomic E-state index is 12.8. The van der Waals surface area contributed by atoms with Crippen molar-refractivity contribution in [2.24, 2.45) is 5.92 Å². The molecular weight excluding hydrogens is 328 g/mol. The van der Waals surface area contributed by atoms with Crippen LogP contribution in [-0.4, -0.2) is 36.4 Å². The predicted molar refractivity (Wildman–Crippen MR) is 79.9 cm³/mol. The van der Waals surface area contributed by atoms with E-state index in [4.69, 9.17) is 16.9 Å². The maximum Gasteiger partial charge on any atom is 0.308 e. The van der Waals surface area contributed by atoms with Gasteiger partial charge in [0.15, 0.2) is 0 Å². The third-order valence-corrected chi connectivity index (χ3v) is 6.18. The largest absolute Gasteiger partial charge is 0.481 e. The van der Waals surface area contributed by atoms with Gasteiger partial charge in [0.05, 0.1) is 11.5 Å². The quantitative estimate of drug-likeness (QED) is 0.906. The first-order valence-electron chi connectivity index (χ1n) is 6.73. The van der Waals surface area contributed by atoms with Crippen LogP contribution in [0.15, 0.2) is 23.1 Å². The molecule has 0 bridgehead atoms. The molecule has 1 aromatic rings. The number of aliphatic carboxylic acids is 1. The molecule has 22 heavy (non-hydrogen) atoms. The highest BCUT2D eigenvalue weighted by Crippen LogP contribution is 2.31. The summed E-state index contributed by atoms with van der Waals surface area (Å²) in [5.74, 6) is -1.76. The first-order valence-corrected chi connectivity index (χ1v) is 8.55. The van der Waals surface area contributed by atoms with Gasteiger partial charge in [-0.15, -0.1) is 0 Å². The molecule has 0 radical (unpaired) electrons. The lowest BCUT2D eigenvalue weighted by molar-refractivity contribution is -0.144. The second-order valence-electron chi connectivity index (χ2n) is 5.20. The standard InChI is InChI=1S/C14H15ClN2O4S/c1-9-12(14(18)19)3-2-6-17(9)22(20,21)13-5-4-11(15)7-10(13)8-16/h4-5,7,9,12H,2-3,6H2,1H3,(H,18,19)/t9-,12-/m1/s1. The zero-order valence-corrected chi connectivity index (χ0v) is 13.4. The van der Waals surface area contributed by atoms with Gasteiger partial charge in [-0.1, -0.05) is 11.6 Å². The number of benzene rings is 1. The van der Waals surface area contributed by atoms with Crippen molar-refractivity contribution in [1.29, 1.82) is 5.26 Å². The lowest BCUT2D eigenvalue weighted by Gasteiger charge is -2.36. The topological polar surface area (TPSA) is 98.5 Å². The van der Waals surface area contributed by atoms with Crippen molar-refractivity contribution in [3.05, 3.63) is 28.8 Å². The summed E-state index contributed by atoms with van der Waals surface area (Å²) in [6.45, 7) is 1.82. The van der Waals surface area contributed by atoms with Crippen molar-refractivity contribution in [2.75, 3.05) is 6.54 Å². The normalized spacial score (nSPS) is 23.0. The number of carboxylic acid groups (broad SMARTS) is 1. The van der Waals surface area contributed by atoms with E-state index < -0.39 is 28.0 Å². The van der Waals surface area contributed by atoms with Crippen molar-refractivity contribution in [1.82, 2.24) is 4.31 Å². The molecule has 1 fully saturated rings. The molecular formula is C14H15ClN2O4S. The van der Waals surface area contributed by atoms with E-state index >= 15 is 0 Å². The number of hydrogen-bond acceptors (Lipinski definition) is 4. The molecule has 118 valence electrons. The molecule has 0 amide bonds. The van der Waals surface area contributed by atoms with Crippen LogP contribution in [0.2, 0.25) is 5.02 Å².